The number of thiocarbonyl (C=S) groups is 1. The summed E-state index contributed by atoms with van der Waals surface area (Å²) in [6.45, 7) is 1.48. The van der Waals surface area contributed by atoms with Gasteiger partial charge in [0.15, 0.2) is 0 Å². The smallest absolute Gasteiger partial charge is 0.320 e. The van der Waals surface area contributed by atoms with Crippen molar-refractivity contribution in [1.82, 2.24) is 4.72 Å². The van der Waals surface area contributed by atoms with Crippen molar-refractivity contribution in [2.45, 2.75) is 12.7 Å². The molecule has 8 heteroatoms. The van der Waals surface area contributed by atoms with Crippen molar-refractivity contribution in [2.75, 3.05) is 13.2 Å². The Kier molecular flexibility index (Phi) is 6.05. The normalized spacial score (nSPS) is 11.1. The van der Waals surface area contributed by atoms with E-state index in [2.05, 4.69) is 9.46 Å². The molecule has 0 amide bonds. The van der Waals surface area contributed by atoms with E-state index in [-0.39, 0.29) is 23.9 Å². The molecule has 0 spiro atoms. The molecular weight excluding hydrogens is 300 g/mol. The SMILES string of the molecule is CCOC(=O)CNS(=O)(=O)Cc1ccc(C(N)=S)cc1. The third kappa shape index (κ3) is 5.64. The minimum atomic E-state index is -3.60. The van der Waals surface area contributed by atoms with Gasteiger partial charge in [0.25, 0.3) is 0 Å². The van der Waals surface area contributed by atoms with Gasteiger partial charge in [-0.1, -0.05) is 36.5 Å². The van der Waals surface area contributed by atoms with E-state index < -0.39 is 16.0 Å². The Hall–Kier alpha value is -1.51. The largest absolute Gasteiger partial charge is 0.465 e. The molecule has 0 aliphatic carbocycles. The average molecular weight is 316 g/mol. The van der Waals surface area contributed by atoms with Gasteiger partial charge < -0.3 is 10.5 Å². The van der Waals surface area contributed by atoms with E-state index in [1.165, 1.54) is 0 Å². The number of carbonyl (C=O) groups excluding carboxylic acids is 1. The summed E-state index contributed by atoms with van der Waals surface area (Å²) < 4.78 is 30.3. The Morgan fingerprint density at radius 2 is 1.95 bits per heavy atom. The molecule has 0 heterocycles. The molecule has 1 aromatic carbocycles. The minimum Gasteiger partial charge on any atom is -0.465 e. The maximum Gasteiger partial charge on any atom is 0.320 e. The molecule has 1 aromatic rings. The van der Waals surface area contributed by atoms with E-state index in [4.69, 9.17) is 18.0 Å². The second-order valence-corrected chi connectivity index (χ2v) is 6.19. The highest BCUT2D eigenvalue weighted by molar-refractivity contribution is 7.88. The summed E-state index contributed by atoms with van der Waals surface area (Å²) in [4.78, 5) is 11.3. The van der Waals surface area contributed by atoms with E-state index in [9.17, 15) is 13.2 Å². The maximum absolute atomic E-state index is 11.8. The Bertz CT molecular complexity index is 582. The van der Waals surface area contributed by atoms with Crippen molar-refractivity contribution < 1.29 is 17.9 Å². The van der Waals surface area contributed by atoms with Crippen LogP contribution in [0.2, 0.25) is 0 Å². The first kappa shape index (κ1) is 16.5. The van der Waals surface area contributed by atoms with Crippen LogP contribution in [0.25, 0.3) is 0 Å². The predicted molar refractivity (Wildman–Crippen MR) is 79.6 cm³/mol. The van der Waals surface area contributed by atoms with Crippen molar-refractivity contribution in [3.8, 4) is 0 Å². The van der Waals surface area contributed by atoms with Crippen molar-refractivity contribution in [2.24, 2.45) is 5.73 Å². The van der Waals surface area contributed by atoms with Crippen LogP contribution in [0.3, 0.4) is 0 Å². The first-order valence-electron chi connectivity index (χ1n) is 5.85. The first-order chi connectivity index (χ1) is 9.34. The monoisotopic (exact) mass is 316 g/mol. The van der Waals surface area contributed by atoms with Gasteiger partial charge in [0.2, 0.25) is 10.0 Å². The summed E-state index contributed by atoms with van der Waals surface area (Å²) >= 11 is 4.81. The summed E-state index contributed by atoms with van der Waals surface area (Å²) in [5.74, 6) is -0.843. The molecule has 0 fully saturated rings. The number of nitrogens with one attached hydrogen (secondary N) is 1. The molecule has 0 unspecified atom stereocenters. The van der Waals surface area contributed by atoms with Gasteiger partial charge in [-0.05, 0) is 12.5 Å². The number of ether oxygens (including phenoxy) is 1. The van der Waals surface area contributed by atoms with Gasteiger partial charge >= 0.3 is 5.97 Å². The topological polar surface area (TPSA) is 98.5 Å². The second kappa shape index (κ2) is 7.32. The Morgan fingerprint density at radius 3 is 2.45 bits per heavy atom. The van der Waals surface area contributed by atoms with Crippen LogP contribution in [0.1, 0.15) is 18.1 Å². The fraction of sp³-hybridized carbons (Fsp3) is 0.333. The lowest BCUT2D eigenvalue weighted by molar-refractivity contribution is -0.141. The van der Waals surface area contributed by atoms with E-state index in [0.717, 1.165) is 0 Å². The van der Waals surface area contributed by atoms with Gasteiger partial charge in [0, 0.05) is 5.56 Å². The van der Waals surface area contributed by atoms with E-state index >= 15 is 0 Å². The number of benzene rings is 1. The predicted octanol–water partition coefficient (Wildman–Crippen LogP) is 0.303. The lowest BCUT2D eigenvalue weighted by atomic mass is 10.1. The van der Waals surface area contributed by atoms with Crippen LogP contribution in [0.4, 0.5) is 0 Å². The number of hydrogen-bond donors (Lipinski definition) is 2. The molecule has 0 atom stereocenters. The zero-order valence-corrected chi connectivity index (χ0v) is 12.6. The highest BCUT2D eigenvalue weighted by Gasteiger charge is 2.14. The van der Waals surface area contributed by atoms with E-state index in [1.807, 2.05) is 0 Å². The summed E-state index contributed by atoms with van der Waals surface area (Å²) in [6, 6.07) is 6.55. The van der Waals surface area contributed by atoms with Crippen LogP contribution in [0.15, 0.2) is 24.3 Å². The van der Waals surface area contributed by atoms with E-state index in [0.29, 0.717) is 11.1 Å². The molecular formula is C12H16N2O4S2. The molecule has 0 aromatic heterocycles. The van der Waals surface area contributed by atoms with Crippen molar-refractivity contribution >= 4 is 33.2 Å². The zero-order valence-electron chi connectivity index (χ0n) is 11.0. The molecule has 0 saturated carbocycles. The summed E-state index contributed by atoms with van der Waals surface area (Å²) in [7, 11) is -3.60. The van der Waals surface area contributed by atoms with Crippen LogP contribution in [-0.2, 0) is 25.3 Å². The van der Waals surface area contributed by atoms with Crippen LogP contribution in [0, 0.1) is 0 Å². The standard InChI is InChI=1S/C12H16N2O4S2/c1-2-18-11(15)7-14-20(16,17)8-9-3-5-10(6-4-9)12(13)19/h3-6,14H,2,7-8H2,1H3,(H2,13,19). The molecule has 1 rings (SSSR count). The Labute approximate surface area is 123 Å². The number of nitrogens with two attached hydrogens (primary N) is 1. The summed E-state index contributed by atoms with van der Waals surface area (Å²) in [5.41, 5.74) is 6.69. The lowest BCUT2D eigenvalue weighted by Crippen LogP contribution is -2.31. The Morgan fingerprint density at radius 1 is 1.35 bits per heavy atom. The van der Waals surface area contributed by atoms with Crippen LogP contribution in [-0.4, -0.2) is 32.5 Å². The molecule has 3 N–H and O–H groups in total. The molecule has 0 bridgehead atoms. The summed E-state index contributed by atoms with van der Waals surface area (Å²) in [6.07, 6.45) is 0. The highest BCUT2D eigenvalue weighted by Crippen LogP contribution is 2.07. The number of rotatable bonds is 7. The van der Waals surface area contributed by atoms with Gasteiger partial charge in [-0.25, -0.2) is 13.1 Å². The minimum absolute atomic E-state index is 0.209. The van der Waals surface area contributed by atoms with Gasteiger partial charge in [0.05, 0.1) is 12.4 Å². The molecule has 20 heavy (non-hydrogen) atoms. The van der Waals surface area contributed by atoms with Gasteiger partial charge in [-0.15, -0.1) is 0 Å². The highest BCUT2D eigenvalue weighted by atomic mass is 32.2. The lowest BCUT2D eigenvalue weighted by Gasteiger charge is -2.07. The van der Waals surface area contributed by atoms with Crippen LogP contribution >= 0.6 is 12.2 Å². The number of hydrogen-bond acceptors (Lipinski definition) is 5. The molecule has 0 aliphatic rings. The fourth-order valence-electron chi connectivity index (χ4n) is 1.42. The third-order valence-corrected chi connectivity index (χ3v) is 3.87. The molecule has 0 radical (unpaired) electrons. The maximum atomic E-state index is 11.8. The van der Waals surface area contributed by atoms with E-state index in [1.54, 1.807) is 31.2 Å². The number of sulfonamides is 1. The van der Waals surface area contributed by atoms with Crippen molar-refractivity contribution in [3.05, 3.63) is 35.4 Å². The second-order valence-electron chi connectivity index (χ2n) is 3.95. The number of carbonyl (C=O) groups is 1. The number of esters is 1. The van der Waals surface area contributed by atoms with Crippen LogP contribution < -0.4 is 10.5 Å². The quantitative estimate of drug-likeness (QED) is 0.555. The molecule has 6 nitrogen and oxygen atoms in total. The molecule has 110 valence electrons. The third-order valence-electron chi connectivity index (χ3n) is 2.34. The van der Waals surface area contributed by atoms with Crippen molar-refractivity contribution in [3.63, 3.8) is 0 Å². The zero-order chi connectivity index (χ0) is 15.2. The van der Waals surface area contributed by atoms with Crippen molar-refractivity contribution in [1.29, 1.82) is 0 Å². The molecule has 0 aliphatic heterocycles. The van der Waals surface area contributed by atoms with Gasteiger partial charge in [0.1, 0.15) is 11.5 Å². The van der Waals surface area contributed by atoms with Gasteiger partial charge in [-0.3, -0.25) is 4.79 Å². The van der Waals surface area contributed by atoms with Crippen LogP contribution in [0.5, 0.6) is 0 Å². The molecule has 0 saturated heterocycles. The fourth-order valence-corrected chi connectivity index (χ4v) is 2.62. The summed E-state index contributed by atoms with van der Waals surface area (Å²) in [5, 5.41) is 0. The Balaban J connectivity index is 2.62. The average Bonchev–Trinajstić information content (AvgIpc) is 2.37. The van der Waals surface area contributed by atoms with Gasteiger partial charge in [-0.2, -0.15) is 0 Å². The first-order valence-corrected chi connectivity index (χ1v) is 7.92.